The largest absolute Gasteiger partial charge is 0.381 e. The Morgan fingerprint density at radius 1 is 1.10 bits per heavy atom. The number of ether oxygens (including phenoxy) is 1. The maximum atomic E-state index is 4.94. The maximum absolute atomic E-state index is 4.94. The molecule has 0 saturated carbocycles. The molecule has 1 heterocycles. The van der Waals surface area contributed by atoms with Gasteiger partial charge in [0.15, 0.2) is 0 Å². The van der Waals surface area contributed by atoms with Crippen LogP contribution in [-0.2, 0) is 4.74 Å². The Morgan fingerprint density at radius 3 is 1.70 bits per heavy atom. The zero-order valence-corrected chi connectivity index (χ0v) is 7.23. The third-order valence-corrected chi connectivity index (χ3v) is 1.40. The zero-order chi connectivity index (χ0) is 7.66. The van der Waals surface area contributed by atoms with Crippen LogP contribution in [0.25, 0.3) is 0 Å². The van der Waals surface area contributed by atoms with Crippen LogP contribution in [0.5, 0.6) is 0 Å². The molecule has 0 aromatic rings. The lowest BCUT2D eigenvalue weighted by atomic mass is 9.73. The molecule has 1 rings (SSSR count). The minimum absolute atomic E-state index is 1.00. The van der Waals surface area contributed by atoms with Crippen LogP contribution in [-0.4, -0.2) is 20.5 Å². The molecule has 0 spiro atoms. The van der Waals surface area contributed by atoms with Crippen molar-refractivity contribution < 1.29 is 4.74 Å². The summed E-state index contributed by atoms with van der Waals surface area (Å²) in [5, 5.41) is 0. The molecule has 1 saturated heterocycles. The van der Waals surface area contributed by atoms with Crippen LogP contribution < -0.4 is 0 Å². The molecule has 0 amide bonds. The monoisotopic (exact) mass is 141 g/mol. The van der Waals surface area contributed by atoms with Gasteiger partial charge in [-0.1, -0.05) is 26.5 Å². The van der Waals surface area contributed by atoms with E-state index in [2.05, 4.69) is 21.1 Å². The van der Waals surface area contributed by atoms with E-state index in [4.69, 9.17) is 4.74 Å². The summed E-state index contributed by atoms with van der Waals surface area (Å²) in [6, 6.07) is 0. The van der Waals surface area contributed by atoms with E-state index in [1.165, 1.54) is 25.5 Å². The van der Waals surface area contributed by atoms with Crippen molar-refractivity contribution in [1.29, 1.82) is 0 Å². The summed E-state index contributed by atoms with van der Waals surface area (Å²) >= 11 is 0. The smallest absolute Gasteiger partial charge is 0.108 e. The molecule has 1 aliphatic heterocycles. The molecule has 0 aromatic carbocycles. The lowest BCUT2D eigenvalue weighted by molar-refractivity contribution is 0.198. The molecule has 0 aromatic heterocycles. The molecule has 0 bridgehead atoms. The topological polar surface area (TPSA) is 9.23 Å². The van der Waals surface area contributed by atoms with Gasteiger partial charge in [-0.15, -0.1) is 0 Å². The van der Waals surface area contributed by atoms with Crippen molar-refractivity contribution in [2.45, 2.75) is 39.3 Å². The molecule has 1 radical (unpaired) electrons. The fourth-order valence-corrected chi connectivity index (χ4v) is 0.799. The quantitative estimate of drug-likeness (QED) is 0.536. The Morgan fingerprint density at radius 2 is 1.60 bits per heavy atom. The summed E-state index contributed by atoms with van der Waals surface area (Å²) in [5.74, 6) is 0. The van der Waals surface area contributed by atoms with E-state index in [-0.39, 0.29) is 0 Å². The van der Waals surface area contributed by atoms with Crippen molar-refractivity contribution in [3.8, 4) is 0 Å². The van der Waals surface area contributed by atoms with E-state index in [9.17, 15) is 0 Å². The van der Waals surface area contributed by atoms with Crippen LogP contribution in [0.15, 0.2) is 0 Å². The summed E-state index contributed by atoms with van der Waals surface area (Å²) in [4.78, 5) is 0. The average Bonchev–Trinajstić information content (AvgIpc) is 2.44. The van der Waals surface area contributed by atoms with Gasteiger partial charge in [0.05, 0.1) is 0 Å². The third-order valence-electron chi connectivity index (χ3n) is 1.40. The van der Waals surface area contributed by atoms with Gasteiger partial charge in [0, 0.05) is 13.2 Å². The average molecular weight is 141 g/mol. The summed E-state index contributed by atoms with van der Waals surface area (Å²) < 4.78 is 4.94. The lowest BCUT2D eigenvalue weighted by Crippen LogP contribution is -1.76. The van der Waals surface area contributed by atoms with Crippen LogP contribution in [0.1, 0.15) is 26.7 Å². The second-order valence-electron chi connectivity index (χ2n) is 2.42. The molecule has 0 atom stereocenters. The van der Waals surface area contributed by atoms with Crippen molar-refractivity contribution in [2.75, 3.05) is 13.2 Å². The predicted octanol–water partition coefficient (Wildman–Crippen LogP) is 2.36. The lowest BCUT2D eigenvalue weighted by Gasteiger charge is -1.76. The zero-order valence-electron chi connectivity index (χ0n) is 7.23. The minimum atomic E-state index is 1.00. The molecule has 0 N–H and O–H groups in total. The molecule has 0 unspecified atom stereocenters. The van der Waals surface area contributed by atoms with Crippen molar-refractivity contribution in [3.63, 3.8) is 0 Å². The van der Waals surface area contributed by atoms with E-state index >= 15 is 0 Å². The summed E-state index contributed by atoms with van der Waals surface area (Å²) in [6.07, 6.45) is 4.99. The molecule has 1 aliphatic rings. The molecule has 0 aliphatic carbocycles. The van der Waals surface area contributed by atoms with Crippen LogP contribution in [0.4, 0.5) is 0 Å². The van der Waals surface area contributed by atoms with Crippen LogP contribution in [0.3, 0.4) is 0 Å². The van der Waals surface area contributed by atoms with Crippen LogP contribution >= 0.6 is 0 Å². The molecular weight excluding hydrogens is 123 g/mol. The first-order chi connectivity index (χ1) is 4.91. The van der Waals surface area contributed by atoms with Gasteiger partial charge >= 0.3 is 0 Å². The van der Waals surface area contributed by atoms with Gasteiger partial charge in [-0.3, -0.25) is 0 Å². The summed E-state index contributed by atoms with van der Waals surface area (Å²) in [5.41, 5.74) is 0. The third kappa shape index (κ3) is 8.02. The standard InChI is InChI=1S/C4H10B.C4H8O/c1-3-5-4-2;1-2-4-5-3-1/h3-4H2,1-2H3;1-4H2. The molecule has 1 fully saturated rings. The Bertz CT molecular complexity index is 43.6. The van der Waals surface area contributed by atoms with Gasteiger partial charge < -0.3 is 4.74 Å². The highest BCUT2D eigenvalue weighted by atomic mass is 16.5. The normalized spacial score (nSPS) is 15.8. The highest BCUT2D eigenvalue weighted by Crippen LogP contribution is 1.98. The van der Waals surface area contributed by atoms with Gasteiger partial charge in [0.2, 0.25) is 0 Å². The SMILES string of the molecule is C1CCOC1.CC[B]CC. The highest BCUT2D eigenvalue weighted by Gasteiger charge is 1.94. The molecule has 59 valence electrons. The Kier molecular flexibility index (Phi) is 9.05. The van der Waals surface area contributed by atoms with E-state index in [0.29, 0.717) is 0 Å². The van der Waals surface area contributed by atoms with Crippen molar-refractivity contribution in [1.82, 2.24) is 0 Å². The van der Waals surface area contributed by atoms with Gasteiger partial charge in [-0.2, -0.15) is 0 Å². The Balaban J connectivity index is 0.000000162. The fraction of sp³-hybridized carbons (Fsp3) is 1.00. The summed E-state index contributed by atoms with van der Waals surface area (Å²) in [7, 11) is 2.25. The molecule has 2 heteroatoms. The second-order valence-corrected chi connectivity index (χ2v) is 2.42. The summed E-state index contributed by atoms with van der Waals surface area (Å²) in [6.45, 7) is 6.31. The Hall–Kier alpha value is 0.0249. The van der Waals surface area contributed by atoms with E-state index in [1.54, 1.807) is 0 Å². The number of hydrogen-bond donors (Lipinski definition) is 0. The molecule has 10 heavy (non-hydrogen) atoms. The number of hydrogen-bond acceptors (Lipinski definition) is 1. The highest BCUT2D eigenvalue weighted by molar-refractivity contribution is 6.34. The Labute approximate surface area is 65.4 Å². The van der Waals surface area contributed by atoms with Crippen molar-refractivity contribution in [3.05, 3.63) is 0 Å². The van der Waals surface area contributed by atoms with Gasteiger partial charge in [-0.05, 0) is 12.8 Å². The molecular formula is C8H18BO. The van der Waals surface area contributed by atoms with Crippen LogP contribution in [0, 0.1) is 0 Å². The van der Waals surface area contributed by atoms with Crippen LogP contribution in [0.2, 0.25) is 12.6 Å². The van der Waals surface area contributed by atoms with Crippen molar-refractivity contribution >= 4 is 7.28 Å². The first kappa shape index (κ1) is 10.0. The second kappa shape index (κ2) is 9.02. The predicted molar refractivity (Wildman–Crippen MR) is 46.8 cm³/mol. The van der Waals surface area contributed by atoms with Gasteiger partial charge in [0.25, 0.3) is 0 Å². The van der Waals surface area contributed by atoms with Gasteiger partial charge in [-0.25, -0.2) is 0 Å². The first-order valence-electron chi connectivity index (χ1n) is 4.31. The minimum Gasteiger partial charge on any atom is -0.381 e. The van der Waals surface area contributed by atoms with E-state index < -0.39 is 0 Å². The number of rotatable bonds is 2. The van der Waals surface area contributed by atoms with E-state index in [1.807, 2.05) is 0 Å². The van der Waals surface area contributed by atoms with Crippen molar-refractivity contribution in [2.24, 2.45) is 0 Å². The maximum Gasteiger partial charge on any atom is 0.108 e. The molecule has 1 nitrogen and oxygen atoms in total. The fourth-order valence-electron chi connectivity index (χ4n) is 0.799. The van der Waals surface area contributed by atoms with Gasteiger partial charge in [0.1, 0.15) is 7.28 Å². The van der Waals surface area contributed by atoms with E-state index in [0.717, 1.165) is 13.2 Å². The first-order valence-corrected chi connectivity index (χ1v) is 4.31.